The summed E-state index contributed by atoms with van der Waals surface area (Å²) in [4.78, 5) is 13.4. The van der Waals surface area contributed by atoms with Crippen molar-refractivity contribution in [2.24, 2.45) is 5.92 Å². The Labute approximate surface area is 97.0 Å². The molecule has 0 unspecified atom stereocenters. The maximum atomic E-state index is 11.7. The zero-order valence-electron chi connectivity index (χ0n) is 10.4. The first kappa shape index (κ1) is 12.6. The summed E-state index contributed by atoms with van der Waals surface area (Å²) in [7, 11) is 3.46. The lowest BCUT2D eigenvalue weighted by atomic mass is 10.1. The third-order valence-electron chi connectivity index (χ3n) is 2.42. The van der Waals surface area contributed by atoms with Gasteiger partial charge < -0.3 is 9.64 Å². The molecule has 88 valence electrons. The van der Waals surface area contributed by atoms with Crippen molar-refractivity contribution < 1.29 is 9.53 Å². The molecule has 0 fully saturated rings. The van der Waals surface area contributed by atoms with E-state index in [2.05, 4.69) is 0 Å². The fourth-order valence-electron chi connectivity index (χ4n) is 1.56. The van der Waals surface area contributed by atoms with Gasteiger partial charge in [-0.05, 0) is 17.7 Å². The molecule has 1 aromatic carbocycles. The predicted molar refractivity (Wildman–Crippen MR) is 64.3 cm³/mol. The van der Waals surface area contributed by atoms with Crippen LogP contribution in [0.25, 0.3) is 0 Å². The van der Waals surface area contributed by atoms with Gasteiger partial charge in [-0.3, -0.25) is 4.79 Å². The Kier molecular flexibility index (Phi) is 4.35. The number of benzene rings is 1. The second kappa shape index (κ2) is 5.54. The largest absolute Gasteiger partial charge is 0.497 e. The van der Waals surface area contributed by atoms with Crippen LogP contribution in [0.1, 0.15) is 19.4 Å². The van der Waals surface area contributed by atoms with Crippen LogP contribution in [0.2, 0.25) is 0 Å². The van der Waals surface area contributed by atoms with E-state index < -0.39 is 0 Å². The summed E-state index contributed by atoms with van der Waals surface area (Å²) in [5.74, 6) is 1.02. The molecule has 0 aliphatic heterocycles. The van der Waals surface area contributed by atoms with Crippen LogP contribution in [0.4, 0.5) is 0 Å². The van der Waals surface area contributed by atoms with E-state index in [9.17, 15) is 4.79 Å². The van der Waals surface area contributed by atoms with E-state index in [-0.39, 0.29) is 11.8 Å². The fraction of sp³-hybridized carbons (Fsp3) is 0.462. The van der Waals surface area contributed by atoms with E-state index in [1.807, 2.05) is 45.2 Å². The summed E-state index contributed by atoms with van der Waals surface area (Å²) in [5, 5.41) is 0. The topological polar surface area (TPSA) is 29.5 Å². The van der Waals surface area contributed by atoms with Gasteiger partial charge in [-0.2, -0.15) is 0 Å². The summed E-state index contributed by atoms with van der Waals surface area (Å²) in [6, 6.07) is 7.77. The summed E-state index contributed by atoms with van der Waals surface area (Å²) in [6.07, 6.45) is 0. The van der Waals surface area contributed by atoms with Crippen molar-refractivity contribution in [3.05, 3.63) is 29.8 Å². The fourth-order valence-corrected chi connectivity index (χ4v) is 1.56. The number of amides is 1. The molecule has 16 heavy (non-hydrogen) atoms. The molecule has 1 amide bonds. The van der Waals surface area contributed by atoms with Crippen LogP contribution in [0.3, 0.4) is 0 Å². The smallest absolute Gasteiger partial charge is 0.225 e. The van der Waals surface area contributed by atoms with Crippen molar-refractivity contribution in [3.63, 3.8) is 0 Å². The molecular formula is C13H19NO2. The number of carbonyl (C=O) groups is 1. The number of rotatable bonds is 4. The molecule has 0 aliphatic carbocycles. The predicted octanol–water partition coefficient (Wildman–Crippen LogP) is 2.31. The minimum atomic E-state index is 0.0376. The SMILES string of the molecule is COc1cccc(CN(C)C(=O)C(C)C)c1. The van der Waals surface area contributed by atoms with Crippen LogP contribution in [-0.4, -0.2) is 25.0 Å². The molecule has 3 nitrogen and oxygen atoms in total. The lowest BCUT2D eigenvalue weighted by molar-refractivity contribution is -0.133. The molecule has 0 radical (unpaired) electrons. The standard InChI is InChI=1S/C13H19NO2/c1-10(2)13(15)14(3)9-11-6-5-7-12(8-11)16-4/h5-8,10H,9H2,1-4H3. The number of hydrogen-bond donors (Lipinski definition) is 0. The summed E-state index contributed by atoms with van der Waals surface area (Å²) >= 11 is 0. The highest BCUT2D eigenvalue weighted by Gasteiger charge is 2.12. The van der Waals surface area contributed by atoms with E-state index >= 15 is 0 Å². The molecule has 3 heteroatoms. The van der Waals surface area contributed by atoms with Gasteiger partial charge in [0.2, 0.25) is 5.91 Å². The van der Waals surface area contributed by atoms with Crippen molar-refractivity contribution in [3.8, 4) is 5.75 Å². The van der Waals surface area contributed by atoms with Crippen molar-refractivity contribution >= 4 is 5.91 Å². The Bertz CT molecular complexity index is 361. The molecule has 0 heterocycles. The minimum Gasteiger partial charge on any atom is -0.497 e. The van der Waals surface area contributed by atoms with Gasteiger partial charge in [0.25, 0.3) is 0 Å². The Morgan fingerprint density at radius 1 is 1.44 bits per heavy atom. The number of carbonyl (C=O) groups excluding carboxylic acids is 1. The molecule has 0 atom stereocenters. The second-order valence-corrected chi connectivity index (χ2v) is 4.20. The Hall–Kier alpha value is -1.51. The number of ether oxygens (including phenoxy) is 1. The minimum absolute atomic E-state index is 0.0376. The van der Waals surface area contributed by atoms with Gasteiger partial charge in [0.05, 0.1) is 7.11 Å². The third kappa shape index (κ3) is 3.26. The molecular weight excluding hydrogens is 202 g/mol. The van der Waals surface area contributed by atoms with E-state index in [4.69, 9.17) is 4.74 Å². The van der Waals surface area contributed by atoms with E-state index in [1.54, 1.807) is 12.0 Å². The van der Waals surface area contributed by atoms with Gasteiger partial charge in [0, 0.05) is 19.5 Å². The summed E-state index contributed by atoms with van der Waals surface area (Å²) in [5.41, 5.74) is 1.08. The first-order chi connectivity index (χ1) is 7.54. The lowest BCUT2D eigenvalue weighted by Crippen LogP contribution is -2.29. The molecule has 0 aromatic heterocycles. The van der Waals surface area contributed by atoms with Crippen molar-refractivity contribution in [2.45, 2.75) is 20.4 Å². The van der Waals surface area contributed by atoms with Crippen molar-refractivity contribution in [1.82, 2.24) is 4.90 Å². The van der Waals surface area contributed by atoms with Crippen molar-refractivity contribution in [1.29, 1.82) is 0 Å². The summed E-state index contributed by atoms with van der Waals surface area (Å²) < 4.78 is 5.14. The molecule has 1 aromatic rings. The van der Waals surface area contributed by atoms with Gasteiger partial charge in [-0.25, -0.2) is 0 Å². The maximum Gasteiger partial charge on any atom is 0.225 e. The monoisotopic (exact) mass is 221 g/mol. The molecule has 0 saturated heterocycles. The lowest BCUT2D eigenvalue weighted by Gasteiger charge is -2.19. The Morgan fingerprint density at radius 2 is 2.12 bits per heavy atom. The van der Waals surface area contributed by atoms with E-state index in [0.717, 1.165) is 11.3 Å². The third-order valence-corrected chi connectivity index (χ3v) is 2.42. The highest BCUT2D eigenvalue weighted by molar-refractivity contribution is 5.77. The van der Waals surface area contributed by atoms with E-state index in [0.29, 0.717) is 6.54 Å². The number of nitrogens with zero attached hydrogens (tertiary/aromatic N) is 1. The van der Waals surface area contributed by atoms with Gasteiger partial charge in [0.15, 0.2) is 0 Å². The van der Waals surface area contributed by atoms with E-state index in [1.165, 1.54) is 0 Å². The normalized spacial score (nSPS) is 10.3. The quantitative estimate of drug-likeness (QED) is 0.780. The molecule has 0 spiro atoms. The van der Waals surface area contributed by atoms with Gasteiger partial charge in [0.1, 0.15) is 5.75 Å². The average molecular weight is 221 g/mol. The van der Waals surface area contributed by atoms with Crippen LogP contribution in [0, 0.1) is 5.92 Å². The average Bonchev–Trinajstić information content (AvgIpc) is 2.28. The Morgan fingerprint density at radius 3 is 2.69 bits per heavy atom. The molecule has 0 bridgehead atoms. The van der Waals surface area contributed by atoms with Gasteiger partial charge in [-0.1, -0.05) is 26.0 Å². The highest BCUT2D eigenvalue weighted by atomic mass is 16.5. The second-order valence-electron chi connectivity index (χ2n) is 4.20. The van der Waals surface area contributed by atoms with Crippen molar-refractivity contribution in [2.75, 3.05) is 14.2 Å². The zero-order chi connectivity index (χ0) is 12.1. The zero-order valence-corrected chi connectivity index (χ0v) is 10.4. The first-order valence-corrected chi connectivity index (χ1v) is 5.42. The van der Waals surface area contributed by atoms with Crippen LogP contribution in [0.5, 0.6) is 5.75 Å². The molecule has 0 N–H and O–H groups in total. The van der Waals surface area contributed by atoms with Crippen LogP contribution in [0.15, 0.2) is 24.3 Å². The number of hydrogen-bond acceptors (Lipinski definition) is 2. The number of methoxy groups -OCH3 is 1. The Balaban J connectivity index is 2.69. The first-order valence-electron chi connectivity index (χ1n) is 5.42. The van der Waals surface area contributed by atoms with Gasteiger partial charge in [-0.15, -0.1) is 0 Å². The van der Waals surface area contributed by atoms with Gasteiger partial charge >= 0.3 is 0 Å². The molecule has 0 aliphatic rings. The van der Waals surface area contributed by atoms with Crippen LogP contribution in [-0.2, 0) is 11.3 Å². The van der Waals surface area contributed by atoms with Crippen LogP contribution >= 0.6 is 0 Å². The molecule has 1 rings (SSSR count). The molecule has 0 saturated carbocycles. The highest BCUT2D eigenvalue weighted by Crippen LogP contribution is 2.14. The maximum absolute atomic E-state index is 11.7. The summed E-state index contributed by atoms with van der Waals surface area (Å²) in [6.45, 7) is 4.43. The van der Waals surface area contributed by atoms with Crippen LogP contribution < -0.4 is 4.74 Å².